The molecule has 0 aromatic carbocycles. The number of aryl methyl sites for hydroxylation is 1. The van der Waals surface area contributed by atoms with Crippen molar-refractivity contribution in [2.45, 2.75) is 48.5 Å². The summed E-state index contributed by atoms with van der Waals surface area (Å²) in [6, 6.07) is 1.14. The number of pyridine rings is 1. The summed E-state index contributed by atoms with van der Waals surface area (Å²) in [5, 5.41) is 32.0. The van der Waals surface area contributed by atoms with E-state index in [2.05, 4.69) is 20.3 Å². The fourth-order valence-electron chi connectivity index (χ4n) is 3.51. The summed E-state index contributed by atoms with van der Waals surface area (Å²) in [7, 11) is 0. The molecule has 0 saturated carbocycles. The summed E-state index contributed by atoms with van der Waals surface area (Å²) in [6.07, 6.45) is 0.734. The van der Waals surface area contributed by atoms with Gasteiger partial charge < -0.3 is 25.4 Å². The van der Waals surface area contributed by atoms with Crippen LogP contribution in [0, 0.1) is 6.92 Å². The SMILES string of the molecule is CCOC1C(n2cc(-c3csc(N)n3)nn2)[C@@H](O)C(CO)O[C@@H]1Sc1cc(Cl)cnc1C. The lowest BCUT2D eigenvalue weighted by Gasteiger charge is -2.43. The van der Waals surface area contributed by atoms with Crippen molar-refractivity contribution in [1.82, 2.24) is 25.0 Å². The van der Waals surface area contributed by atoms with E-state index in [-0.39, 0.29) is 6.61 Å². The van der Waals surface area contributed by atoms with E-state index in [1.165, 1.54) is 27.8 Å². The zero-order chi connectivity index (χ0) is 22.8. The highest BCUT2D eigenvalue weighted by Crippen LogP contribution is 2.41. The average Bonchev–Trinajstić information content (AvgIpc) is 3.42. The second kappa shape index (κ2) is 10.00. The van der Waals surface area contributed by atoms with Crippen molar-refractivity contribution in [1.29, 1.82) is 0 Å². The highest BCUT2D eigenvalue weighted by Gasteiger charge is 2.48. The van der Waals surface area contributed by atoms with Crippen molar-refractivity contribution in [3.05, 3.63) is 34.6 Å². The summed E-state index contributed by atoms with van der Waals surface area (Å²) in [5.74, 6) is 0. The molecule has 3 unspecified atom stereocenters. The van der Waals surface area contributed by atoms with Crippen molar-refractivity contribution in [3.63, 3.8) is 0 Å². The molecule has 13 heteroatoms. The lowest BCUT2D eigenvalue weighted by atomic mass is 9.97. The molecule has 3 aromatic heterocycles. The number of nitrogens with two attached hydrogens (primary N) is 1. The van der Waals surface area contributed by atoms with Gasteiger partial charge in [-0.25, -0.2) is 9.67 Å². The molecule has 10 nitrogen and oxygen atoms in total. The molecule has 0 aliphatic carbocycles. The van der Waals surface area contributed by atoms with Gasteiger partial charge in [0.25, 0.3) is 0 Å². The number of nitrogens with zero attached hydrogens (tertiary/aromatic N) is 5. The van der Waals surface area contributed by atoms with Crippen molar-refractivity contribution in [2.75, 3.05) is 18.9 Å². The van der Waals surface area contributed by atoms with Gasteiger partial charge in [0.2, 0.25) is 0 Å². The van der Waals surface area contributed by atoms with E-state index in [9.17, 15) is 10.2 Å². The minimum absolute atomic E-state index is 0.371. The molecule has 1 saturated heterocycles. The molecule has 0 bridgehead atoms. The second-order valence-electron chi connectivity index (χ2n) is 7.14. The van der Waals surface area contributed by atoms with E-state index in [0.29, 0.717) is 28.1 Å². The number of anilines is 1. The van der Waals surface area contributed by atoms with Crippen LogP contribution in [0.4, 0.5) is 5.13 Å². The maximum atomic E-state index is 11.0. The molecule has 1 aliphatic rings. The Morgan fingerprint density at radius 2 is 2.22 bits per heavy atom. The lowest BCUT2D eigenvalue weighted by molar-refractivity contribution is -0.191. The van der Waals surface area contributed by atoms with Gasteiger partial charge in [0.1, 0.15) is 41.2 Å². The summed E-state index contributed by atoms with van der Waals surface area (Å²) in [6.45, 7) is 3.75. The predicted octanol–water partition coefficient (Wildman–Crippen LogP) is 2.16. The number of halogens is 1. The molecule has 1 fully saturated rings. The van der Waals surface area contributed by atoms with E-state index in [1.54, 1.807) is 23.8 Å². The van der Waals surface area contributed by atoms with Crippen LogP contribution < -0.4 is 5.73 Å². The molecule has 32 heavy (non-hydrogen) atoms. The Morgan fingerprint density at radius 1 is 1.41 bits per heavy atom. The van der Waals surface area contributed by atoms with Crippen LogP contribution in [-0.2, 0) is 9.47 Å². The molecule has 172 valence electrons. The van der Waals surface area contributed by atoms with Gasteiger partial charge in [-0.05, 0) is 19.9 Å². The van der Waals surface area contributed by atoms with Gasteiger partial charge in [0, 0.05) is 23.1 Å². The first-order valence-corrected chi connectivity index (χ1v) is 12.0. The quantitative estimate of drug-likeness (QED) is 0.443. The zero-order valence-corrected chi connectivity index (χ0v) is 19.7. The minimum Gasteiger partial charge on any atom is -0.394 e. The normalized spacial score (nSPS) is 25.8. The lowest BCUT2D eigenvalue weighted by Crippen LogP contribution is -2.55. The molecule has 4 rings (SSSR count). The number of nitrogen functional groups attached to an aromatic ring is 1. The van der Waals surface area contributed by atoms with Crippen LogP contribution in [0.3, 0.4) is 0 Å². The number of hydrogen-bond acceptors (Lipinski definition) is 11. The van der Waals surface area contributed by atoms with Gasteiger partial charge in [-0.1, -0.05) is 28.6 Å². The van der Waals surface area contributed by atoms with Crippen LogP contribution in [0.2, 0.25) is 5.02 Å². The highest BCUT2D eigenvalue weighted by molar-refractivity contribution is 7.99. The average molecular weight is 499 g/mol. The molecule has 0 spiro atoms. The number of ether oxygens (including phenoxy) is 2. The Kier molecular flexibility index (Phi) is 7.30. The maximum Gasteiger partial charge on any atom is 0.180 e. The fourth-order valence-corrected chi connectivity index (χ4v) is 5.53. The maximum absolute atomic E-state index is 11.0. The fraction of sp³-hybridized carbons (Fsp3) is 0.474. The first kappa shape index (κ1) is 23.4. The summed E-state index contributed by atoms with van der Waals surface area (Å²) >= 11 is 8.81. The Hall–Kier alpha value is -1.80. The summed E-state index contributed by atoms with van der Waals surface area (Å²) in [5.41, 5.74) is 7.06. The van der Waals surface area contributed by atoms with Crippen LogP contribution in [0.25, 0.3) is 11.4 Å². The molecular formula is C19H23ClN6O4S2. The highest BCUT2D eigenvalue weighted by atomic mass is 35.5. The largest absolute Gasteiger partial charge is 0.394 e. The van der Waals surface area contributed by atoms with Crippen LogP contribution in [0.15, 0.2) is 28.7 Å². The van der Waals surface area contributed by atoms with E-state index >= 15 is 0 Å². The number of aliphatic hydroxyl groups is 2. The number of thioether (sulfide) groups is 1. The number of aliphatic hydroxyl groups excluding tert-OH is 2. The predicted molar refractivity (Wildman–Crippen MR) is 122 cm³/mol. The van der Waals surface area contributed by atoms with Gasteiger partial charge in [-0.2, -0.15) is 0 Å². The standard InChI is InChI=1S/C19H23ClN6O4S2/c1-3-29-17-15(26-6-11(24-25-26)12-8-31-19(21)23-12)16(28)13(7-27)30-18(17)32-14-4-10(20)5-22-9(14)2/h4-6,8,13,15-18,27-28H,3,7H2,1-2H3,(H2,21,23)/t13?,15?,16-,17?,18+/m0/s1. The van der Waals surface area contributed by atoms with Gasteiger partial charge in [0.15, 0.2) is 5.13 Å². The monoisotopic (exact) mass is 498 g/mol. The molecule has 1 aliphatic heterocycles. The number of thiazole rings is 1. The second-order valence-corrected chi connectivity index (χ2v) is 9.60. The third-order valence-electron chi connectivity index (χ3n) is 5.03. The van der Waals surface area contributed by atoms with Gasteiger partial charge in [-0.15, -0.1) is 16.4 Å². The number of rotatable bonds is 7. The topological polar surface area (TPSA) is 141 Å². The molecule has 5 atom stereocenters. The summed E-state index contributed by atoms with van der Waals surface area (Å²) < 4.78 is 13.6. The summed E-state index contributed by atoms with van der Waals surface area (Å²) in [4.78, 5) is 9.34. The van der Waals surface area contributed by atoms with Gasteiger partial charge in [-0.3, -0.25) is 4.98 Å². The first-order valence-electron chi connectivity index (χ1n) is 9.89. The Morgan fingerprint density at radius 3 is 2.91 bits per heavy atom. The first-order chi connectivity index (χ1) is 15.4. The van der Waals surface area contributed by atoms with Crippen LogP contribution >= 0.6 is 34.7 Å². The Balaban J connectivity index is 1.68. The third kappa shape index (κ3) is 4.76. The van der Waals surface area contributed by atoms with E-state index < -0.39 is 29.8 Å². The van der Waals surface area contributed by atoms with Crippen molar-refractivity contribution < 1.29 is 19.7 Å². The molecule has 4 heterocycles. The van der Waals surface area contributed by atoms with Crippen LogP contribution in [-0.4, -0.2) is 72.1 Å². The van der Waals surface area contributed by atoms with Gasteiger partial charge in [0.05, 0.1) is 23.5 Å². The van der Waals surface area contributed by atoms with Crippen LogP contribution in [0.1, 0.15) is 18.7 Å². The van der Waals surface area contributed by atoms with Crippen LogP contribution in [0.5, 0.6) is 0 Å². The molecular weight excluding hydrogens is 476 g/mol. The van der Waals surface area contributed by atoms with Gasteiger partial charge >= 0.3 is 0 Å². The number of hydrogen-bond donors (Lipinski definition) is 3. The minimum atomic E-state index is -1.08. The smallest absolute Gasteiger partial charge is 0.180 e. The number of aromatic nitrogens is 5. The Labute approximate surface area is 197 Å². The Bertz CT molecular complexity index is 1070. The molecule has 0 radical (unpaired) electrons. The molecule has 0 amide bonds. The molecule has 4 N–H and O–H groups in total. The van der Waals surface area contributed by atoms with E-state index in [1.807, 2.05) is 13.8 Å². The zero-order valence-electron chi connectivity index (χ0n) is 17.3. The van der Waals surface area contributed by atoms with Crippen molar-refractivity contribution >= 4 is 39.8 Å². The third-order valence-corrected chi connectivity index (χ3v) is 7.19. The van der Waals surface area contributed by atoms with Crippen molar-refractivity contribution in [3.8, 4) is 11.4 Å². The van der Waals surface area contributed by atoms with Crippen molar-refractivity contribution in [2.24, 2.45) is 0 Å². The molecule has 3 aromatic rings. The van der Waals surface area contributed by atoms with E-state index in [4.69, 9.17) is 26.8 Å². The van der Waals surface area contributed by atoms with E-state index in [0.717, 1.165) is 10.6 Å².